The normalized spacial score (nSPS) is 34.2. The molecule has 1 saturated carbocycles. The first-order valence-corrected chi connectivity index (χ1v) is 17.9. The van der Waals surface area contributed by atoms with Gasteiger partial charge in [-0.15, -0.1) is 0 Å². The van der Waals surface area contributed by atoms with Crippen molar-refractivity contribution < 1.29 is 78.4 Å². The minimum absolute atomic E-state index is 0.0180. The summed E-state index contributed by atoms with van der Waals surface area (Å²) in [5, 5.41) is 72.7. The second-order valence-corrected chi connectivity index (χ2v) is 14.0. The molecule has 0 bridgehead atoms. The van der Waals surface area contributed by atoms with Crippen LogP contribution in [0.4, 0.5) is 0 Å². The molecule has 2 saturated heterocycles. The number of carbonyl (C=O) groups is 1. The van der Waals surface area contributed by atoms with E-state index in [4.69, 9.17) is 37.9 Å². The zero-order valence-corrected chi connectivity index (χ0v) is 30.7. The van der Waals surface area contributed by atoms with Gasteiger partial charge in [-0.05, 0) is 67.7 Å². The number of aromatic hydroxyl groups is 1. The highest BCUT2D eigenvalue weighted by atomic mass is 16.7. The molecule has 12 atom stereocenters. The quantitative estimate of drug-likeness (QED) is 0.0958. The largest absolute Gasteiger partial charge is 0.504 e. The van der Waals surface area contributed by atoms with E-state index in [2.05, 4.69) is 0 Å². The predicted molar refractivity (Wildman–Crippen MR) is 188 cm³/mol. The minimum Gasteiger partial charge on any atom is -0.504 e. The SMILES string of the molecule is COc1cc(/C=C/C(=O)O[C@@H]2[C@@H](CO[C@@H]3OC[C@](O)(CO)[C@H]3O)C[C@@H](OCCc3ccc(OC)c(O)c3)C[C@H]2O[C@@H]2O[C@@H](C)[C@H](O)[C@@H](O)[C@H]2O)ccc1C. The van der Waals surface area contributed by atoms with Gasteiger partial charge in [0, 0.05) is 18.4 Å². The summed E-state index contributed by atoms with van der Waals surface area (Å²) in [5.74, 6) is -0.483. The third kappa shape index (κ3) is 9.88. The maximum absolute atomic E-state index is 13.4. The van der Waals surface area contributed by atoms with Crippen LogP contribution in [0.25, 0.3) is 6.08 Å². The Balaban J connectivity index is 1.39. The highest BCUT2D eigenvalue weighted by Crippen LogP contribution is 2.36. The molecule has 0 radical (unpaired) electrons. The number of aliphatic hydroxyl groups is 6. The topological polar surface area (TPSA) is 233 Å². The molecule has 3 aliphatic rings. The number of hydrogen-bond acceptors (Lipinski definition) is 16. The third-order valence-corrected chi connectivity index (χ3v) is 10.1. The van der Waals surface area contributed by atoms with Crippen molar-refractivity contribution in [1.29, 1.82) is 0 Å². The smallest absolute Gasteiger partial charge is 0.331 e. The van der Waals surface area contributed by atoms with Gasteiger partial charge in [-0.25, -0.2) is 4.79 Å². The number of aliphatic hydroxyl groups excluding tert-OH is 5. The van der Waals surface area contributed by atoms with Crippen LogP contribution in [-0.4, -0.2) is 149 Å². The molecule has 2 aliphatic heterocycles. The maximum atomic E-state index is 13.4. The number of carbonyl (C=O) groups excluding carboxylic acids is 1. The Morgan fingerprint density at radius 2 is 1.72 bits per heavy atom. The molecule has 2 aromatic carbocycles. The zero-order valence-electron chi connectivity index (χ0n) is 30.7. The Bertz CT molecular complexity index is 1570. The first kappa shape index (κ1) is 41.8. The second-order valence-electron chi connectivity index (χ2n) is 14.0. The lowest BCUT2D eigenvalue weighted by Gasteiger charge is -2.45. The van der Waals surface area contributed by atoms with E-state index in [1.54, 1.807) is 37.5 Å². The van der Waals surface area contributed by atoms with Crippen LogP contribution in [0.2, 0.25) is 0 Å². The van der Waals surface area contributed by atoms with Crippen molar-refractivity contribution >= 4 is 12.0 Å². The van der Waals surface area contributed by atoms with Crippen molar-refractivity contribution in [3.8, 4) is 17.2 Å². The van der Waals surface area contributed by atoms with E-state index >= 15 is 0 Å². The van der Waals surface area contributed by atoms with Crippen LogP contribution in [0, 0.1) is 12.8 Å². The van der Waals surface area contributed by atoms with E-state index < -0.39 is 85.5 Å². The van der Waals surface area contributed by atoms with Crippen LogP contribution in [0.5, 0.6) is 17.2 Å². The van der Waals surface area contributed by atoms with Crippen LogP contribution in [-0.2, 0) is 39.6 Å². The van der Waals surface area contributed by atoms with E-state index in [9.17, 15) is 40.5 Å². The summed E-state index contributed by atoms with van der Waals surface area (Å²) in [6, 6.07) is 10.4. The Morgan fingerprint density at radius 1 is 0.963 bits per heavy atom. The number of methoxy groups -OCH3 is 2. The number of esters is 1. The highest BCUT2D eigenvalue weighted by Gasteiger charge is 2.51. The van der Waals surface area contributed by atoms with E-state index in [0.717, 1.165) is 11.1 Å². The summed E-state index contributed by atoms with van der Waals surface area (Å²) in [5.41, 5.74) is 0.434. The van der Waals surface area contributed by atoms with Crippen molar-refractivity contribution in [2.45, 2.75) is 100 Å². The molecule has 0 spiro atoms. The van der Waals surface area contributed by atoms with Crippen LogP contribution in [0.15, 0.2) is 42.5 Å². The van der Waals surface area contributed by atoms with Crippen molar-refractivity contribution in [3.63, 3.8) is 0 Å². The summed E-state index contributed by atoms with van der Waals surface area (Å²) in [4.78, 5) is 13.4. The number of phenolic OH excluding ortho intramolecular Hbond substituents is 1. The molecule has 7 N–H and O–H groups in total. The van der Waals surface area contributed by atoms with Gasteiger partial charge in [0.25, 0.3) is 0 Å². The second kappa shape index (κ2) is 18.5. The van der Waals surface area contributed by atoms with Gasteiger partial charge in [-0.3, -0.25) is 0 Å². The number of hydrogen-bond donors (Lipinski definition) is 7. The fraction of sp³-hybridized carbons (Fsp3) is 0.605. The van der Waals surface area contributed by atoms with Gasteiger partial charge in [0.05, 0.1) is 52.9 Å². The molecule has 2 aromatic rings. The predicted octanol–water partition coefficient (Wildman–Crippen LogP) is 0.351. The van der Waals surface area contributed by atoms with Gasteiger partial charge >= 0.3 is 5.97 Å². The van der Waals surface area contributed by atoms with Gasteiger partial charge in [0.1, 0.15) is 48.0 Å². The lowest BCUT2D eigenvalue weighted by Crippen LogP contribution is -2.60. The van der Waals surface area contributed by atoms with Gasteiger partial charge in [0.15, 0.2) is 24.1 Å². The molecule has 3 fully saturated rings. The van der Waals surface area contributed by atoms with Gasteiger partial charge in [-0.2, -0.15) is 0 Å². The summed E-state index contributed by atoms with van der Waals surface area (Å²) < 4.78 is 46.2. The molecule has 5 rings (SSSR count). The van der Waals surface area contributed by atoms with Crippen molar-refractivity contribution in [1.82, 2.24) is 0 Å². The number of phenols is 1. The molecule has 1 aliphatic carbocycles. The van der Waals surface area contributed by atoms with Crippen molar-refractivity contribution in [2.24, 2.45) is 5.92 Å². The molecule has 16 heteroatoms. The van der Waals surface area contributed by atoms with Crippen molar-refractivity contribution in [2.75, 3.05) is 40.6 Å². The van der Waals surface area contributed by atoms with Crippen LogP contribution < -0.4 is 9.47 Å². The zero-order chi connectivity index (χ0) is 39.2. The number of benzene rings is 2. The molecule has 0 aromatic heterocycles. The molecule has 54 heavy (non-hydrogen) atoms. The summed E-state index contributed by atoms with van der Waals surface area (Å²) >= 11 is 0. The van der Waals surface area contributed by atoms with Gasteiger partial charge in [0.2, 0.25) is 0 Å². The number of aryl methyl sites for hydroxylation is 1. The molecule has 16 nitrogen and oxygen atoms in total. The minimum atomic E-state index is -1.93. The maximum Gasteiger partial charge on any atom is 0.331 e. The average Bonchev–Trinajstić information content (AvgIpc) is 3.45. The molecule has 0 unspecified atom stereocenters. The highest BCUT2D eigenvalue weighted by molar-refractivity contribution is 5.87. The molecule has 0 amide bonds. The summed E-state index contributed by atoms with van der Waals surface area (Å²) in [6.07, 6.45) is -8.89. The van der Waals surface area contributed by atoms with Crippen molar-refractivity contribution in [3.05, 3.63) is 59.2 Å². The molecular weight excluding hydrogens is 712 g/mol. The summed E-state index contributed by atoms with van der Waals surface area (Å²) in [6.45, 7) is 2.27. The van der Waals surface area contributed by atoms with Crippen LogP contribution in [0.1, 0.15) is 36.5 Å². The lowest BCUT2D eigenvalue weighted by atomic mass is 9.82. The third-order valence-electron chi connectivity index (χ3n) is 10.1. The fourth-order valence-electron chi connectivity index (χ4n) is 6.83. The number of rotatable bonds is 15. The Hall–Kier alpha value is -3.39. The average molecular weight is 765 g/mol. The Kier molecular flexibility index (Phi) is 14.3. The molecule has 2 heterocycles. The summed E-state index contributed by atoms with van der Waals surface area (Å²) in [7, 11) is 3.00. The fourth-order valence-corrected chi connectivity index (χ4v) is 6.83. The Morgan fingerprint density at radius 3 is 2.41 bits per heavy atom. The first-order chi connectivity index (χ1) is 25.8. The van der Waals surface area contributed by atoms with E-state index in [1.807, 2.05) is 19.1 Å². The van der Waals surface area contributed by atoms with E-state index in [0.29, 0.717) is 23.5 Å². The van der Waals surface area contributed by atoms with Crippen LogP contribution in [0.3, 0.4) is 0 Å². The Labute approximate surface area is 313 Å². The van der Waals surface area contributed by atoms with E-state index in [1.165, 1.54) is 20.1 Å². The molecule has 300 valence electrons. The van der Waals surface area contributed by atoms with E-state index in [-0.39, 0.29) is 38.4 Å². The monoisotopic (exact) mass is 764 g/mol. The van der Waals surface area contributed by atoms with Gasteiger partial charge in [-0.1, -0.05) is 18.2 Å². The first-order valence-electron chi connectivity index (χ1n) is 17.9. The number of ether oxygens (including phenoxy) is 8. The lowest BCUT2D eigenvalue weighted by molar-refractivity contribution is -0.318. The van der Waals surface area contributed by atoms with Gasteiger partial charge < -0.3 is 73.6 Å². The molecular formula is C38H52O16. The van der Waals surface area contributed by atoms with Crippen LogP contribution >= 0.6 is 0 Å². The standard InChI is InChI=1S/C38H52O16/c1-20-5-6-22(14-28(20)48-4)8-10-30(41)54-34-24(17-50-37-35(45)38(46,18-39)19-51-37)15-25(49-12-11-23-7-9-27(47-3)26(40)13-23)16-29(34)53-36-33(44)32(43)31(42)21(2)52-36/h5-10,13-14,21,24-25,29,31-37,39-40,42-46H,11-12,15-19H2,1-4H3/b10-8+/t21-,24+,25+,29+,31-,32+,33+,34+,35-,36-,37+,38+/m0/s1.